The second-order valence-electron chi connectivity index (χ2n) is 6.23. The molecule has 1 fully saturated rings. The number of hydrogen-bond donors (Lipinski definition) is 1. The smallest absolute Gasteiger partial charge is 0.147 e. The molecule has 1 saturated heterocycles. The van der Waals surface area contributed by atoms with Crippen molar-refractivity contribution in [2.24, 2.45) is 0 Å². The highest BCUT2D eigenvalue weighted by molar-refractivity contribution is 6.35. The number of fused-ring (bicyclic) bond motifs is 1. The minimum atomic E-state index is 0.205. The molecule has 4 rings (SSSR count). The molecule has 0 aliphatic carbocycles. The van der Waals surface area contributed by atoms with Gasteiger partial charge in [0.15, 0.2) is 0 Å². The van der Waals surface area contributed by atoms with Crippen LogP contribution >= 0.6 is 23.2 Å². The molecule has 1 aliphatic heterocycles. The van der Waals surface area contributed by atoms with E-state index in [2.05, 4.69) is 24.8 Å². The first kappa shape index (κ1) is 17.3. The van der Waals surface area contributed by atoms with Gasteiger partial charge in [-0.15, -0.1) is 0 Å². The summed E-state index contributed by atoms with van der Waals surface area (Å²) in [6.07, 6.45) is 4.91. The number of anilines is 1. The fourth-order valence-corrected chi connectivity index (χ4v) is 3.58. The van der Waals surface area contributed by atoms with Gasteiger partial charge >= 0.3 is 0 Å². The van der Waals surface area contributed by atoms with E-state index in [0.29, 0.717) is 22.2 Å². The predicted octanol–water partition coefficient (Wildman–Crippen LogP) is 3.36. The summed E-state index contributed by atoms with van der Waals surface area (Å²) in [5.74, 6) is 1.03. The molecule has 0 spiro atoms. The van der Waals surface area contributed by atoms with Gasteiger partial charge in [0.2, 0.25) is 0 Å². The van der Waals surface area contributed by atoms with E-state index in [1.807, 2.05) is 18.2 Å². The van der Waals surface area contributed by atoms with Crippen molar-refractivity contribution in [2.45, 2.75) is 6.54 Å². The maximum absolute atomic E-state index is 10.6. The molecule has 2 aromatic heterocycles. The highest BCUT2D eigenvalue weighted by atomic mass is 35.5. The molecule has 3 aromatic rings. The Labute approximate surface area is 161 Å². The summed E-state index contributed by atoms with van der Waals surface area (Å²) in [4.78, 5) is 17.1. The van der Waals surface area contributed by atoms with Crippen molar-refractivity contribution < 1.29 is 5.11 Å². The summed E-state index contributed by atoms with van der Waals surface area (Å²) in [6.45, 7) is 3.98. The molecule has 1 N–H and O–H groups in total. The molecule has 1 aromatic carbocycles. The van der Waals surface area contributed by atoms with E-state index in [0.717, 1.165) is 42.9 Å². The molecule has 0 radical (unpaired) electrons. The standard InChI is InChI=1S/C18H17Cl2N5O/c19-14-8-12(18(26)17-13(14)2-1-3-21-17)11-24-4-6-25(7-5-24)16-10-22-15(20)9-23-16/h1-3,8-10,26H,4-7,11H2. The quantitative estimate of drug-likeness (QED) is 0.740. The number of phenols is 1. The summed E-state index contributed by atoms with van der Waals surface area (Å²) in [7, 11) is 0. The van der Waals surface area contributed by atoms with E-state index in [1.165, 1.54) is 0 Å². The van der Waals surface area contributed by atoms with Crippen LogP contribution < -0.4 is 4.90 Å². The Morgan fingerprint density at radius 2 is 1.85 bits per heavy atom. The molecule has 0 atom stereocenters. The Morgan fingerprint density at radius 1 is 1.04 bits per heavy atom. The lowest BCUT2D eigenvalue weighted by Crippen LogP contribution is -2.46. The number of piperazine rings is 1. The lowest BCUT2D eigenvalue weighted by Gasteiger charge is -2.35. The SMILES string of the molecule is Oc1c(CN2CCN(c3cnc(Cl)cn3)CC2)cc(Cl)c2cccnc12. The Morgan fingerprint density at radius 3 is 2.58 bits per heavy atom. The van der Waals surface area contributed by atoms with Crippen LogP contribution in [0, 0.1) is 0 Å². The molecule has 8 heteroatoms. The Hall–Kier alpha value is -2.15. The van der Waals surface area contributed by atoms with Gasteiger partial charge in [-0.2, -0.15) is 0 Å². The molecular formula is C18H17Cl2N5O. The maximum Gasteiger partial charge on any atom is 0.147 e. The maximum atomic E-state index is 10.6. The Balaban J connectivity index is 1.47. The van der Waals surface area contributed by atoms with E-state index in [9.17, 15) is 5.11 Å². The molecule has 0 saturated carbocycles. The number of benzene rings is 1. The van der Waals surface area contributed by atoms with Gasteiger partial charge in [0.1, 0.15) is 22.2 Å². The predicted molar refractivity (Wildman–Crippen MR) is 103 cm³/mol. The van der Waals surface area contributed by atoms with Crippen molar-refractivity contribution in [1.82, 2.24) is 19.9 Å². The van der Waals surface area contributed by atoms with Crippen LogP contribution in [0.25, 0.3) is 10.9 Å². The third-order valence-corrected chi connectivity index (χ3v) is 5.10. The normalized spacial score (nSPS) is 15.5. The third-order valence-electron chi connectivity index (χ3n) is 4.59. The van der Waals surface area contributed by atoms with Gasteiger partial charge in [-0.1, -0.05) is 23.2 Å². The fraction of sp³-hybridized carbons (Fsp3) is 0.278. The third kappa shape index (κ3) is 3.40. The van der Waals surface area contributed by atoms with Crippen LogP contribution in [0.5, 0.6) is 5.75 Å². The Kier molecular flexibility index (Phi) is 4.80. The van der Waals surface area contributed by atoms with Crippen LogP contribution in [-0.2, 0) is 6.54 Å². The van der Waals surface area contributed by atoms with E-state index in [4.69, 9.17) is 23.2 Å². The lowest BCUT2D eigenvalue weighted by molar-refractivity contribution is 0.246. The van der Waals surface area contributed by atoms with Crippen LogP contribution in [0.1, 0.15) is 5.56 Å². The average molecular weight is 390 g/mol. The van der Waals surface area contributed by atoms with Crippen molar-refractivity contribution >= 4 is 39.9 Å². The van der Waals surface area contributed by atoms with E-state index >= 15 is 0 Å². The highest BCUT2D eigenvalue weighted by Gasteiger charge is 2.20. The fourth-order valence-electron chi connectivity index (χ4n) is 3.20. The largest absolute Gasteiger partial charge is 0.505 e. The van der Waals surface area contributed by atoms with Gasteiger partial charge in [-0.3, -0.25) is 9.88 Å². The van der Waals surface area contributed by atoms with Gasteiger partial charge in [-0.25, -0.2) is 9.97 Å². The zero-order valence-corrected chi connectivity index (χ0v) is 15.5. The summed E-state index contributed by atoms with van der Waals surface area (Å²) in [5.41, 5.74) is 1.34. The van der Waals surface area contributed by atoms with Crippen LogP contribution in [0.15, 0.2) is 36.8 Å². The minimum absolute atomic E-state index is 0.205. The van der Waals surface area contributed by atoms with Crippen molar-refractivity contribution in [2.75, 3.05) is 31.1 Å². The monoisotopic (exact) mass is 389 g/mol. The zero-order valence-electron chi connectivity index (χ0n) is 13.9. The van der Waals surface area contributed by atoms with E-state index in [-0.39, 0.29) is 5.75 Å². The van der Waals surface area contributed by atoms with E-state index in [1.54, 1.807) is 18.6 Å². The molecule has 0 amide bonds. The van der Waals surface area contributed by atoms with Gasteiger partial charge in [0.05, 0.1) is 17.4 Å². The van der Waals surface area contributed by atoms with Crippen LogP contribution in [0.4, 0.5) is 5.82 Å². The molecule has 0 unspecified atom stereocenters. The first-order valence-electron chi connectivity index (χ1n) is 8.32. The zero-order chi connectivity index (χ0) is 18.1. The van der Waals surface area contributed by atoms with Gasteiger partial charge in [0.25, 0.3) is 0 Å². The number of pyridine rings is 1. The summed E-state index contributed by atoms with van der Waals surface area (Å²) >= 11 is 12.2. The van der Waals surface area contributed by atoms with Crippen LogP contribution in [0.2, 0.25) is 10.2 Å². The number of aromatic hydroxyl groups is 1. The summed E-state index contributed by atoms with van der Waals surface area (Å²) in [6, 6.07) is 5.50. The molecule has 6 nitrogen and oxygen atoms in total. The topological polar surface area (TPSA) is 65.4 Å². The highest BCUT2D eigenvalue weighted by Crippen LogP contribution is 2.33. The van der Waals surface area contributed by atoms with Crippen LogP contribution in [0.3, 0.4) is 0 Å². The Bertz CT molecular complexity index is 927. The molecular weight excluding hydrogens is 373 g/mol. The molecule has 1 aliphatic rings. The summed E-state index contributed by atoms with van der Waals surface area (Å²) in [5, 5.41) is 12.3. The van der Waals surface area contributed by atoms with Crippen molar-refractivity contribution in [3.05, 3.63) is 52.5 Å². The second-order valence-corrected chi connectivity index (χ2v) is 7.02. The number of hydrogen-bond acceptors (Lipinski definition) is 6. The number of nitrogens with zero attached hydrogens (tertiary/aromatic N) is 5. The number of halogens is 2. The summed E-state index contributed by atoms with van der Waals surface area (Å²) < 4.78 is 0. The molecule has 26 heavy (non-hydrogen) atoms. The van der Waals surface area contributed by atoms with Crippen molar-refractivity contribution in [3.8, 4) is 5.75 Å². The average Bonchev–Trinajstić information content (AvgIpc) is 2.67. The number of rotatable bonds is 3. The van der Waals surface area contributed by atoms with Crippen molar-refractivity contribution in [1.29, 1.82) is 0 Å². The first-order valence-corrected chi connectivity index (χ1v) is 9.07. The lowest BCUT2D eigenvalue weighted by atomic mass is 10.1. The molecule has 134 valence electrons. The van der Waals surface area contributed by atoms with Gasteiger partial charge < -0.3 is 10.0 Å². The molecule has 3 heterocycles. The van der Waals surface area contributed by atoms with Crippen LogP contribution in [-0.4, -0.2) is 51.1 Å². The second kappa shape index (κ2) is 7.23. The number of phenolic OH excluding ortho intramolecular Hbond substituents is 1. The van der Waals surface area contributed by atoms with Gasteiger partial charge in [0, 0.05) is 49.9 Å². The van der Waals surface area contributed by atoms with Crippen molar-refractivity contribution in [3.63, 3.8) is 0 Å². The minimum Gasteiger partial charge on any atom is -0.505 e. The number of aromatic nitrogens is 3. The van der Waals surface area contributed by atoms with E-state index < -0.39 is 0 Å². The molecule has 0 bridgehead atoms. The first-order chi connectivity index (χ1) is 12.6. The van der Waals surface area contributed by atoms with Gasteiger partial charge in [-0.05, 0) is 18.2 Å².